The Balaban J connectivity index is 1.95. The molecule has 0 aliphatic carbocycles. The van der Waals surface area contributed by atoms with Gasteiger partial charge in [-0.05, 0) is 41.8 Å². The highest BCUT2D eigenvalue weighted by Crippen LogP contribution is 2.15. The first kappa shape index (κ1) is 10.9. The van der Waals surface area contributed by atoms with Crippen LogP contribution in [0.5, 0.6) is 0 Å². The van der Waals surface area contributed by atoms with Gasteiger partial charge in [0.2, 0.25) is 0 Å². The van der Waals surface area contributed by atoms with E-state index >= 15 is 0 Å². The van der Waals surface area contributed by atoms with Crippen molar-refractivity contribution in [2.75, 3.05) is 0 Å². The summed E-state index contributed by atoms with van der Waals surface area (Å²) in [5.74, 6) is -0.156. The number of halogens is 1. The number of pyridine rings is 1. The van der Waals surface area contributed by atoms with Crippen LogP contribution in [0.25, 0.3) is 5.65 Å². The molecule has 0 aliphatic heterocycles. The average Bonchev–Trinajstić information content (AvgIpc) is 2.80. The van der Waals surface area contributed by atoms with Crippen molar-refractivity contribution < 1.29 is 4.39 Å². The summed E-state index contributed by atoms with van der Waals surface area (Å²) in [6, 6.07) is 9.17. The van der Waals surface area contributed by atoms with E-state index < -0.39 is 0 Å². The summed E-state index contributed by atoms with van der Waals surface area (Å²) in [5.41, 5.74) is 3.44. The first-order chi connectivity index (χ1) is 8.72. The molecule has 0 atom stereocenters. The molecule has 0 radical (unpaired) electrons. The van der Waals surface area contributed by atoms with Gasteiger partial charge in [0.05, 0.1) is 0 Å². The number of nitrogens with zero attached hydrogens (tertiary/aromatic N) is 3. The second-order valence-corrected chi connectivity index (χ2v) is 4.37. The van der Waals surface area contributed by atoms with E-state index in [-0.39, 0.29) is 5.82 Å². The largest absolute Gasteiger partial charge is 0.221 e. The van der Waals surface area contributed by atoms with E-state index in [2.05, 4.69) is 10.1 Å². The van der Waals surface area contributed by atoms with Crippen LogP contribution < -0.4 is 0 Å². The molecule has 3 rings (SSSR count). The molecule has 0 fully saturated rings. The maximum atomic E-state index is 13.8. The first-order valence-corrected chi connectivity index (χ1v) is 5.76. The second kappa shape index (κ2) is 4.22. The maximum Gasteiger partial charge on any atom is 0.155 e. The first-order valence-electron chi connectivity index (χ1n) is 5.76. The molecule has 0 saturated carbocycles. The van der Waals surface area contributed by atoms with Gasteiger partial charge < -0.3 is 0 Å². The van der Waals surface area contributed by atoms with Gasteiger partial charge in [-0.15, -0.1) is 0 Å². The van der Waals surface area contributed by atoms with Crippen LogP contribution in [0.2, 0.25) is 0 Å². The lowest BCUT2D eigenvalue weighted by Crippen LogP contribution is -1.95. The zero-order valence-electron chi connectivity index (χ0n) is 9.97. The molecule has 0 bridgehead atoms. The molecule has 3 nitrogen and oxygen atoms in total. The van der Waals surface area contributed by atoms with Crippen molar-refractivity contribution in [3.63, 3.8) is 0 Å². The average molecular weight is 241 g/mol. The number of rotatable bonds is 2. The molecule has 0 spiro atoms. The SMILES string of the molecule is Cc1ccc(Cc2ccn3ncnc3c2)c(F)c1. The van der Waals surface area contributed by atoms with Gasteiger partial charge >= 0.3 is 0 Å². The molecule has 0 amide bonds. The van der Waals surface area contributed by atoms with Gasteiger partial charge in [-0.1, -0.05) is 12.1 Å². The number of hydrogen-bond donors (Lipinski definition) is 0. The monoisotopic (exact) mass is 241 g/mol. The second-order valence-electron chi connectivity index (χ2n) is 4.37. The Labute approximate surface area is 104 Å². The molecular formula is C14H12FN3. The van der Waals surface area contributed by atoms with Crippen molar-refractivity contribution in [2.45, 2.75) is 13.3 Å². The van der Waals surface area contributed by atoms with E-state index in [4.69, 9.17) is 0 Å². The standard InChI is InChI=1S/C14H12FN3/c1-10-2-3-12(13(15)6-10)7-11-4-5-18-14(8-11)16-9-17-18/h2-6,8-9H,7H2,1H3. The molecule has 2 heterocycles. The third-order valence-corrected chi connectivity index (χ3v) is 2.95. The third kappa shape index (κ3) is 1.97. The van der Waals surface area contributed by atoms with Crippen molar-refractivity contribution >= 4 is 5.65 Å². The van der Waals surface area contributed by atoms with Gasteiger partial charge in [-0.2, -0.15) is 5.10 Å². The molecule has 1 aromatic carbocycles. The van der Waals surface area contributed by atoms with Crippen molar-refractivity contribution in [3.8, 4) is 0 Å². The van der Waals surface area contributed by atoms with Crippen LogP contribution in [0.4, 0.5) is 4.39 Å². The molecule has 2 aromatic heterocycles. The Morgan fingerprint density at radius 2 is 2.11 bits per heavy atom. The van der Waals surface area contributed by atoms with Crippen LogP contribution >= 0.6 is 0 Å². The third-order valence-electron chi connectivity index (χ3n) is 2.95. The van der Waals surface area contributed by atoms with Gasteiger partial charge in [0, 0.05) is 12.6 Å². The lowest BCUT2D eigenvalue weighted by atomic mass is 10.0. The normalized spacial score (nSPS) is 11.0. The predicted octanol–water partition coefficient (Wildman–Crippen LogP) is 2.77. The van der Waals surface area contributed by atoms with Crippen molar-refractivity contribution in [3.05, 3.63) is 65.4 Å². The molecule has 0 saturated heterocycles. The molecular weight excluding hydrogens is 229 g/mol. The minimum absolute atomic E-state index is 0.156. The lowest BCUT2D eigenvalue weighted by Gasteiger charge is -2.04. The summed E-state index contributed by atoms with van der Waals surface area (Å²) in [6.45, 7) is 1.88. The predicted molar refractivity (Wildman–Crippen MR) is 66.9 cm³/mol. The highest BCUT2D eigenvalue weighted by molar-refractivity contribution is 5.41. The van der Waals surface area contributed by atoms with Crippen LogP contribution in [0.15, 0.2) is 42.9 Å². The lowest BCUT2D eigenvalue weighted by molar-refractivity contribution is 0.612. The zero-order chi connectivity index (χ0) is 12.5. The molecule has 0 aliphatic rings. The smallest absolute Gasteiger partial charge is 0.155 e. The van der Waals surface area contributed by atoms with E-state index in [0.29, 0.717) is 12.0 Å². The Kier molecular flexibility index (Phi) is 2.55. The van der Waals surface area contributed by atoms with Gasteiger partial charge in [-0.3, -0.25) is 0 Å². The number of benzene rings is 1. The van der Waals surface area contributed by atoms with Gasteiger partial charge in [0.1, 0.15) is 12.1 Å². The summed E-state index contributed by atoms with van der Waals surface area (Å²) in [7, 11) is 0. The zero-order valence-corrected chi connectivity index (χ0v) is 9.97. The topological polar surface area (TPSA) is 30.2 Å². The minimum Gasteiger partial charge on any atom is -0.221 e. The Bertz CT molecular complexity index is 703. The highest BCUT2D eigenvalue weighted by atomic mass is 19.1. The van der Waals surface area contributed by atoms with Crippen LogP contribution in [-0.4, -0.2) is 14.6 Å². The molecule has 0 unspecified atom stereocenters. The van der Waals surface area contributed by atoms with Crippen LogP contribution in [0.3, 0.4) is 0 Å². The quantitative estimate of drug-likeness (QED) is 0.690. The van der Waals surface area contributed by atoms with Gasteiger partial charge in [0.15, 0.2) is 5.65 Å². The summed E-state index contributed by atoms with van der Waals surface area (Å²) >= 11 is 0. The van der Waals surface area contributed by atoms with E-state index in [1.807, 2.05) is 37.4 Å². The fourth-order valence-electron chi connectivity index (χ4n) is 1.98. The summed E-state index contributed by atoms with van der Waals surface area (Å²) in [6.07, 6.45) is 3.91. The summed E-state index contributed by atoms with van der Waals surface area (Å²) < 4.78 is 15.4. The van der Waals surface area contributed by atoms with Crippen LogP contribution in [-0.2, 0) is 6.42 Å². The van der Waals surface area contributed by atoms with E-state index in [1.165, 1.54) is 6.33 Å². The van der Waals surface area contributed by atoms with Crippen LogP contribution in [0.1, 0.15) is 16.7 Å². The molecule has 3 aromatic rings. The van der Waals surface area contributed by atoms with Crippen molar-refractivity contribution in [1.29, 1.82) is 0 Å². The Morgan fingerprint density at radius 3 is 2.94 bits per heavy atom. The van der Waals surface area contributed by atoms with Crippen LogP contribution in [0, 0.1) is 12.7 Å². The number of aryl methyl sites for hydroxylation is 1. The van der Waals surface area contributed by atoms with Gasteiger partial charge in [0.25, 0.3) is 0 Å². The van der Waals surface area contributed by atoms with Crippen molar-refractivity contribution in [2.24, 2.45) is 0 Å². The maximum absolute atomic E-state index is 13.8. The molecule has 0 N–H and O–H groups in total. The van der Waals surface area contributed by atoms with E-state index in [0.717, 1.165) is 16.8 Å². The highest BCUT2D eigenvalue weighted by Gasteiger charge is 2.05. The summed E-state index contributed by atoms with van der Waals surface area (Å²) in [5, 5.41) is 4.03. The molecule has 90 valence electrons. The number of fused-ring (bicyclic) bond motifs is 1. The fraction of sp³-hybridized carbons (Fsp3) is 0.143. The molecule has 4 heteroatoms. The molecule has 18 heavy (non-hydrogen) atoms. The van der Waals surface area contributed by atoms with E-state index in [1.54, 1.807) is 10.6 Å². The number of hydrogen-bond acceptors (Lipinski definition) is 2. The van der Waals surface area contributed by atoms with Gasteiger partial charge in [-0.25, -0.2) is 13.9 Å². The fourth-order valence-corrected chi connectivity index (χ4v) is 1.98. The summed E-state index contributed by atoms with van der Waals surface area (Å²) in [4.78, 5) is 4.12. The number of aromatic nitrogens is 3. The minimum atomic E-state index is -0.156. The Hall–Kier alpha value is -2.23. The van der Waals surface area contributed by atoms with Crippen molar-refractivity contribution in [1.82, 2.24) is 14.6 Å². The van der Waals surface area contributed by atoms with E-state index in [9.17, 15) is 4.39 Å². The Morgan fingerprint density at radius 1 is 1.22 bits per heavy atom.